The number of halogens is 2. The molecule has 2 saturated heterocycles. The SMILES string of the molecule is O=C(CCCC1NC(C2CC(Cl)CC(Cl)C2)NO1)NCCCCNC1NNC(=O)C2CCCCC12. The fourth-order valence-corrected chi connectivity index (χ4v) is 6.98. The number of carbonyl (C=O) groups is 2. The van der Waals surface area contributed by atoms with Gasteiger partial charge < -0.3 is 10.6 Å². The van der Waals surface area contributed by atoms with Crippen molar-refractivity contribution in [2.24, 2.45) is 17.8 Å². The number of hydrazine groups is 1. The molecule has 2 heterocycles. The zero-order valence-electron chi connectivity index (χ0n) is 20.5. The summed E-state index contributed by atoms with van der Waals surface area (Å²) in [6.07, 6.45) is 11.2. The van der Waals surface area contributed by atoms with Gasteiger partial charge in [0.2, 0.25) is 11.8 Å². The summed E-state index contributed by atoms with van der Waals surface area (Å²) < 4.78 is 0. The highest BCUT2D eigenvalue weighted by atomic mass is 35.5. The standard InChI is InChI=1S/C24H42Cl2N6O3/c25-16-12-15(13-17(26)14-16)22-29-21(35-32-22)9-5-8-20(33)27-10-3-4-11-28-23-18-6-1-2-7-19(18)24(34)31-30-23/h15-19,21-23,28-30,32H,1-14H2,(H,27,33)(H,31,34). The number of alkyl halides is 2. The minimum Gasteiger partial charge on any atom is -0.356 e. The first-order chi connectivity index (χ1) is 17.0. The number of unbranched alkanes of at least 4 members (excludes halogenated alkanes) is 1. The van der Waals surface area contributed by atoms with Crippen LogP contribution in [0.15, 0.2) is 0 Å². The van der Waals surface area contributed by atoms with Gasteiger partial charge >= 0.3 is 0 Å². The fourth-order valence-electron chi connectivity index (χ4n) is 6.00. The molecule has 35 heavy (non-hydrogen) atoms. The molecule has 11 heteroatoms. The van der Waals surface area contributed by atoms with Gasteiger partial charge in [-0.1, -0.05) is 12.8 Å². The predicted octanol–water partition coefficient (Wildman–Crippen LogP) is 2.20. The Labute approximate surface area is 218 Å². The van der Waals surface area contributed by atoms with Crippen molar-refractivity contribution in [1.82, 2.24) is 32.3 Å². The van der Waals surface area contributed by atoms with E-state index in [-0.39, 0.29) is 47.0 Å². The van der Waals surface area contributed by atoms with Gasteiger partial charge in [-0.25, -0.2) is 5.43 Å². The minimum atomic E-state index is -0.0923. The van der Waals surface area contributed by atoms with E-state index in [0.29, 0.717) is 24.8 Å². The van der Waals surface area contributed by atoms with Gasteiger partial charge in [-0.2, -0.15) is 5.48 Å². The summed E-state index contributed by atoms with van der Waals surface area (Å²) in [7, 11) is 0. The van der Waals surface area contributed by atoms with Gasteiger partial charge in [-0.05, 0) is 70.3 Å². The highest BCUT2D eigenvalue weighted by molar-refractivity contribution is 6.23. The third kappa shape index (κ3) is 8.15. The molecule has 200 valence electrons. The lowest BCUT2D eigenvalue weighted by molar-refractivity contribution is -0.134. The molecule has 6 N–H and O–H groups in total. The molecule has 0 radical (unpaired) electrons. The number of rotatable bonds is 11. The van der Waals surface area contributed by atoms with Gasteiger partial charge in [0.15, 0.2) is 0 Å². The largest absolute Gasteiger partial charge is 0.356 e. The lowest BCUT2D eigenvalue weighted by Crippen LogP contribution is -2.64. The van der Waals surface area contributed by atoms with Crippen molar-refractivity contribution < 1.29 is 14.4 Å². The first-order valence-electron chi connectivity index (χ1n) is 13.5. The zero-order chi connectivity index (χ0) is 24.6. The quantitative estimate of drug-likeness (QED) is 0.178. The number of nitrogens with one attached hydrogen (secondary N) is 6. The highest BCUT2D eigenvalue weighted by Gasteiger charge is 2.39. The summed E-state index contributed by atoms with van der Waals surface area (Å²) in [6, 6.07) is 0. The van der Waals surface area contributed by atoms with Crippen LogP contribution in [0.3, 0.4) is 0 Å². The monoisotopic (exact) mass is 532 g/mol. The number of hydroxylamine groups is 1. The van der Waals surface area contributed by atoms with Crippen LogP contribution >= 0.6 is 23.2 Å². The predicted molar refractivity (Wildman–Crippen MR) is 136 cm³/mol. The van der Waals surface area contributed by atoms with Crippen LogP contribution in [0.4, 0.5) is 0 Å². The Morgan fingerprint density at radius 2 is 1.80 bits per heavy atom. The van der Waals surface area contributed by atoms with E-state index in [1.54, 1.807) is 0 Å². The third-order valence-corrected chi connectivity index (χ3v) is 8.61. The van der Waals surface area contributed by atoms with E-state index in [9.17, 15) is 9.59 Å². The zero-order valence-corrected chi connectivity index (χ0v) is 22.0. The maximum atomic E-state index is 12.2. The fraction of sp³-hybridized carbons (Fsp3) is 0.917. The lowest BCUT2D eigenvalue weighted by atomic mass is 9.76. The molecular weight excluding hydrogens is 491 g/mol. The molecule has 7 unspecified atom stereocenters. The van der Waals surface area contributed by atoms with E-state index in [2.05, 4.69) is 32.3 Å². The summed E-state index contributed by atoms with van der Waals surface area (Å²) >= 11 is 12.7. The molecule has 2 aliphatic carbocycles. The molecule has 4 fully saturated rings. The van der Waals surface area contributed by atoms with E-state index >= 15 is 0 Å². The van der Waals surface area contributed by atoms with E-state index in [0.717, 1.165) is 70.8 Å². The van der Waals surface area contributed by atoms with Crippen LogP contribution in [0.1, 0.15) is 77.0 Å². The molecule has 0 aromatic carbocycles. The molecule has 0 aromatic heterocycles. The Balaban J connectivity index is 1.01. The maximum Gasteiger partial charge on any atom is 0.237 e. The van der Waals surface area contributed by atoms with Gasteiger partial charge in [0, 0.05) is 35.6 Å². The van der Waals surface area contributed by atoms with Gasteiger partial charge in [0.25, 0.3) is 0 Å². The molecule has 2 saturated carbocycles. The number of hydrogen-bond donors (Lipinski definition) is 6. The Hall–Kier alpha value is -0.680. The Morgan fingerprint density at radius 1 is 1.03 bits per heavy atom. The van der Waals surface area contributed by atoms with Crippen LogP contribution in [0.25, 0.3) is 0 Å². The Morgan fingerprint density at radius 3 is 2.63 bits per heavy atom. The van der Waals surface area contributed by atoms with Crippen molar-refractivity contribution in [3.63, 3.8) is 0 Å². The van der Waals surface area contributed by atoms with Gasteiger partial charge in [0.05, 0.1) is 12.3 Å². The molecule has 7 atom stereocenters. The van der Waals surface area contributed by atoms with Crippen LogP contribution in [0.5, 0.6) is 0 Å². The summed E-state index contributed by atoms with van der Waals surface area (Å²) in [6.45, 7) is 1.55. The first-order valence-corrected chi connectivity index (χ1v) is 14.4. The van der Waals surface area contributed by atoms with Gasteiger partial charge in [-0.15, -0.1) is 23.2 Å². The number of fused-ring (bicyclic) bond motifs is 1. The van der Waals surface area contributed by atoms with Crippen LogP contribution in [-0.4, -0.2) is 54.2 Å². The van der Waals surface area contributed by atoms with E-state index < -0.39 is 0 Å². The maximum absolute atomic E-state index is 12.2. The van der Waals surface area contributed by atoms with Crippen molar-refractivity contribution in [2.75, 3.05) is 13.1 Å². The lowest BCUT2D eigenvalue weighted by Gasteiger charge is -2.41. The van der Waals surface area contributed by atoms with E-state index in [1.165, 1.54) is 6.42 Å². The molecule has 2 aliphatic heterocycles. The van der Waals surface area contributed by atoms with E-state index in [1.807, 2.05) is 0 Å². The molecular formula is C24H42Cl2N6O3. The minimum absolute atomic E-state index is 0.0642. The molecule has 0 aromatic rings. The van der Waals surface area contributed by atoms with E-state index in [4.69, 9.17) is 28.0 Å². The van der Waals surface area contributed by atoms with Crippen molar-refractivity contribution in [3.05, 3.63) is 0 Å². The summed E-state index contributed by atoms with van der Waals surface area (Å²) in [5.41, 5.74) is 9.05. The van der Waals surface area contributed by atoms with Crippen molar-refractivity contribution in [3.8, 4) is 0 Å². The number of amides is 2. The van der Waals surface area contributed by atoms with Crippen LogP contribution in [-0.2, 0) is 14.4 Å². The van der Waals surface area contributed by atoms with Gasteiger partial charge in [0.1, 0.15) is 6.23 Å². The highest BCUT2D eigenvalue weighted by Crippen LogP contribution is 2.34. The average Bonchev–Trinajstić information content (AvgIpc) is 3.31. The third-order valence-electron chi connectivity index (χ3n) is 7.90. The molecule has 4 aliphatic rings. The molecule has 4 rings (SSSR count). The van der Waals surface area contributed by atoms with Crippen molar-refractivity contribution in [2.45, 2.75) is 106 Å². The molecule has 0 spiro atoms. The Kier molecular flexibility index (Phi) is 10.7. The topological polar surface area (TPSA) is 116 Å². The number of hydrogen-bond acceptors (Lipinski definition) is 7. The number of carbonyl (C=O) groups excluding carboxylic acids is 2. The average molecular weight is 534 g/mol. The molecule has 0 bridgehead atoms. The molecule has 9 nitrogen and oxygen atoms in total. The normalized spacial score (nSPS) is 37.5. The summed E-state index contributed by atoms with van der Waals surface area (Å²) in [5, 5.41) is 10.3. The van der Waals surface area contributed by atoms with Crippen LogP contribution < -0.4 is 32.3 Å². The second-order valence-electron chi connectivity index (χ2n) is 10.6. The van der Waals surface area contributed by atoms with Crippen molar-refractivity contribution in [1.29, 1.82) is 0 Å². The second kappa shape index (κ2) is 13.7. The van der Waals surface area contributed by atoms with Crippen molar-refractivity contribution >= 4 is 35.0 Å². The molecule has 2 amide bonds. The summed E-state index contributed by atoms with van der Waals surface area (Å²) in [4.78, 5) is 29.9. The van der Waals surface area contributed by atoms with Crippen LogP contribution in [0.2, 0.25) is 0 Å². The first kappa shape index (κ1) is 27.4. The smallest absolute Gasteiger partial charge is 0.237 e. The van der Waals surface area contributed by atoms with Gasteiger partial charge in [-0.3, -0.25) is 25.2 Å². The second-order valence-corrected chi connectivity index (χ2v) is 11.8. The summed E-state index contributed by atoms with van der Waals surface area (Å²) in [5.74, 6) is 1.09. The Bertz CT molecular complexity index is 694. The van der Waals surface area contributed by atoms with Crippen LogP contribution in [0, 0.1) is 17.8 Å².